The lowest BCUT2D eigenvalue weighted by molar-refractivity contribution is -0.119. The second-order valence-electron chi connectivity index (χ2n) is 3.66. The summed E-state index contributed by atoms with van der Waals surface area (Å²) in [5, 5.41) is 2.92. The Balaban J connectivity index is 2.21. The number of hydrogen-bond donors (Lipinski definition) is 1. The van der Waals surface area contributed by atoms with E-state index in [1.165, 1.54) is 12.8 Å². The van der Waals surface area contributed by atoms with Crippen molar-refractivity contribution in [3.8, 4) is 0 Å². The molecule has 1 aliphatic rings. The topological polar surface area (TPSA) is 29.1 Å². The third kappa shape index (κ3) is 3.02. The summed E-state index contributed by atoms with van der Waals surface area (Å²) in [6.45, 7) is 2.26. The number of nitrogens with one attached hydrogen (secondary N) is 1. The van der Waals surface area contributed by atoms with Gasteiger partial charge in [-0.05, 0) is 31.6 Å². The van der Waals surface area contributed by atoms with E-state index in [4.69, 9.17) is 11.6 Å². The lowest BCUT2D eigenvalue weighted by Crippen LogP contribution is -2.37. The lowest BCUT2D eigenvalue weighted by Gasteiger charge is -2.26. The number of alkyl halides is 1. The van der Waals surface area contributed by atoms with E-state index < -0.39 is 0 Å². The average molecular weight is 190 g/mol. The SMILES string of the molecule is CC1CCC(NC(=O)CCl)CC1. The zero-order chi connectivity index (χ0) is 8.97. The second-order valence-corrected chi connectivity index (χ2v) is 3.93. The van der Waals surface area contributed by atoms with Gasteiger partial charge in [0.25, 0.3) is 0 Å². The normalized spacial score (nSPS) is 29.8. The van der Waals surface area contributed by atoms with Gasteiger partial charge in [-0.15, -0.1) is 11.6 Å². The predicted molar refractivity (Wildman–Crippen MR) is 50.3 cm³/mol. The number of carbonyl (C=O) groups excluding carboxylic acids is 1. The van der Waals surface area contributed by atoms with E-state index in [-0.39, 0.29) is 11.8 Å². The maximum Gasteiger partial charge on any atom is 0.235 e. The van der Waals surface area contributed by atoms with E-state index in [1.54, 1.807) is 0 Å². The molecular weight excluding hydrogens is 174 g/mol. The van der Waals surface area contributed by atoms with Gasteiger partial charge in [0.05, 0.1) is 0 Å². The van der Waals surface area contributed by atoms with Crippen molar-refractivity contribution in [3.63, 3.8) is 0 Å². The van der Waals surface area contributed by atoms with E-state index in [1.807, 2.05) is 0 Å². The van der Waals surface area contributed by atoms with Crippen LogP contribution in [0.2, 0.25) is 0 Å². The van der Waals surface area contributed by atoms with Crippen molar-refractivity contribution in [1.29, 1.82) is 0 Å². The molecule has 1 N–H and O–H groups in total. The first-order chi connectivity index (χ1) is 5.72. The molecule has 0 spiro atoms. The largest absolute Gasteiger partial charge is 0.352 e. The minimum Gasteiger partial charge on any atom is -0.352 e. The van der Waals surface area contributed by atoms with Crippen LogP contribution < -0.4 is 5.32 Å². The summed E-state index contributed by atoms with van der Waals surface area (Å²) in [6.07, 6.45) is 4.69. The molecule has 0 aromatic heterocycles. The molecule has 1 saturated carbocycles. The van der Waals surface area contributed by atoms with Gasteiger partial charge < -0.3 is 5.32 Å². The first kappa shape index (κ1) is 9.85. The molecule has 0 unspecified atom stereocenters. The third-order valence-corrected chi connectivity index (χ3v) is 2.75. The van der Waals surface area contributed by atoms with Crippen LogP contribution in [0, 0.1) is 5.92 Å². The van der Waals surface area contributed by atoms with Crippen molar-refractivity contribution in [1.82, 2.24) is 5.32 Å². The first-order valence-electron chi connectivity index (χ1n) is 4.57. The van der Waals surface area contributed by atoms with E-state index in [9.17, 15) is 4.79 Å². The monoisotopic (exact) mass is 189 g/mol. The number of halogens is 1. The van der Waals surface area contributed by atoms with Crippen molar-refractivity contribution in [2.75, 3.05) is 5.88 Å². The predicted octanol–water partition coefficient (Wildman–Crippen LogP) is 1.92. The molecule has 0 saturated heterocycles. The van der Waals surface area contributed by atoms with Crippen LogP contribution in [0.3, 0.4) is 0 Å². The van der Waals surface area contributed by atoms with Gasteiger partial charge in [-0.25, -0.2) is 0 Å². The summed E-state index contributed by atoms with van der Waals surface area (Å²) in [7, 11) is 0. The Hall–Kier alpha value is -0.240. The van der Waals surface area contributed by atoms with Gasteiger partial charge in [0.2, 0.25) is 5.91 Å². The van der Waals surface area contributed by atoms with Crippen LogP contribution in [0.4, 0.5) is 0 Å². The summed E-state index contributed by atoms with van der Waals surface area (Å²) in [5.74, 6) is 0.886. The maximum atomic E-state index is 10.9. The van der Waals surface area contributed by atoms with Gasteiger partial charge in [-0.1, -0.05) is 6.92 Å². The van der Waals surface area contributed by atoms with Crippen LogP contribution in [0.25, 0.3) is 0 Å². The minimum absolute atomic E-state index is 0.0313. The smallest absolute Gasteiger partial charge is 0.235 e. The molecule has 0 heterocycles. The molecule has 0 bridgehead atoms. The Morgan fingerprint density at radius 1 is 1.42 bits per heavy atom. The Bertz CT molecular complexity index is 153. The van der Waals surface area contributed by atoms with Crippen LogP contribution in [0.5, 0.6) is 0 Å². The molecule has 1 rings (SSSR count). The molecule has 1 aliphatic carbocycles. The fourth-order valence-electron chi connectivity index (χ4n) is 1.67. The van der Waals surface area contributed by atoms with Crippen LogP contribution in [0.15, 0.2) is 0 Å². The number of carbonyl (C=O) groups is 1. The van der Waals surface area contributed by atoms with Crippen molar-refractivity contribution in [2.45, 2.75) is 38.6 Å². The highest BCUT2D eigenvalue weighted by molar-refractivity contribution is 6.27. The van der Waals surface area contributed by atoms with Gasteiger partial charge in [0.15, 0.2) is 0 Å². The van der Waals surface area contributed by atoms with E-state index in [2.05, 4.69) is 12.2 Å². The molecule has 12 heavy (non-hydrogen) atoms. The molecule has 2 nitrogen and oxygen atoms in total. The fourth-order valence-corrected chi connectivity index (χ4v) is 1.75. The molecule has 0 aromatic rings. The minimum atomic E-state index is -0.0313. The van der Waals surface area contributed by atoms with Crippen LogP contribution >= 0.6 is 11.6 Å². The van der Waals surface area contributed by atoms with E-state index in [0.29, 0.717) is 6.04 Å². The van der Waals surface area contributed by atoms with Gasteiger partial charge in [0, 0.05) is 6.04 Å². The molecule has 1 amide bonds. The lowest BCUT2D eigenvalue weighted by atomic mass is 9.87. The third-order valence-electron chi connectivity index (χ3n) is 2.50. The summed E-state index contributed by atoms with van der Waals surface area (Å²) in [6, 6.07) is 0.382. The Labute approximate surface area is 78.7 Å². The van der Waals surface area contributed by atoms with Gasteiger partial charge in [-0.2, -0.15) is 0 Å². The zero-order valence-corrected chi connectivity index (χ0v) is 8.23. The second kappa shape index (κ2) is 4.70. The van der Waals surface area contributed by atoms with Crippen LogP contribution in [-0.2, 0) is 4.79 Å². The highest BCUT2D eigenvalue weighted by atomic mass is 35.5. The Kier molecular flexibility index (Phi) is 3.86. The molecular formula is C9H16ClNO. The van der Waals surface area contributed by atoms with Crippen LogP contribution in [-0.4, -0.2) is 17.8 Å². The van der Waals surface area contributed by atoms with Crippen molar-refractivity contribution >= 4 is 17.5 Å². The molecule has 3 heteroatoms. The summed E-state index contributed by atoms with van der Waals surface area (Å²) >= 11 is 5.39. The zero-order valence-electron chi connectivity index (χ0n) is 7.48. The van der Waals surface area contributed by atoms with Crippen molar-refractivity contribution < 1.29 is 4.79 Å². The van der Waals surface area contributed by atoms with Gasteiger partial charge in [0.1, 0.15) is 5.88 Å². The molecule has 0 aromatic carbocycles. The number of rotatable bonds is 2. The average Bonchev–Trinajstić information content (AvgIpc) is 2.09. The highest BCUT2D eigenvalue weighted by Gasteiger charge is 2.18. The maximum absolute atomic E-state index is 10.9. The van der Waals surface area contributed by atoms with Crippen molar-refractivity contribution in [2.24, 2.45) is 5.92 Å². The standard InChI is InChI=1S/C9H16ClNO/c1-7-2-4-8(5-3-7)11-9(12)6-10/h7-8H,2-6H2,1H3,(H,11,12). The van der Waals surface area contributed by atoms with Gasteiger partial charge >= 0.3 is 0 Å². The summed E-state index contributed by atoms with van der Waals surface area (Å²) in [4.78, 5) is 10.9. The molecule has 0 aliphatic heterocycles. The van der Waals surface area contributed by atoms with E-state index >= 15 is 0 Å². The Morgan fingerprint density at radius 2 is 2.00 bits per heavy atom. The molecule has 1 fully saturated rings. The highest BCUT2D eigenvalue weighted by Crippen LogP contribution is 2.23. The van der Waals surface area contributed by atoms with Crippen molar-refractivity contribution in [3.05, 3.63) is 0 Å². The number of hydrogen-bond acceptors (Lipinski definition) is 1. The Morgan fingerprint density at radius 3 is 2.50 bits per heavy atom. The summed E-state index contributed by atoms with van der Waals surface area (Å²) < 4.78 is 0. The quantitative estimate of drug-likeness (QED) is 0.661. The van der Waals surface area contributed by atoms with Gasteiger partial charge in [-0.3, -0.25) is 4.79 Å². The molecule has 0 atom stereocenters. The number of amides is 1. The molecule has 0 radical (unpaired) electrons. The molecule has 70 valence electrons. The van der Waals surface area contributed by atoms with E-state index in [0.717, 1.165) is 18.8 Å². The van der Waals surface area contributed by atoms with Crippen LogP contribution in [0.1, 0.15) is 32.6 Å². The first-order valence-corrected chi connectivity index (χ1v) is 5.11. The fraction of sp³-hybridized carbons (Fsp3) is 0.889. The summed E-state index contributed by atoms with van der Waals surface area (Å²) in [5.41, 5.74) is 0.